The van der Waals surface area contributed by atoms with Crippen molar-refractivity contribution in [2.24, 2.45) is 5.92 Å². The standard InChI is InChI=1S/C19H23ClN2O2/c20-18-8-2-5-15-16(18)6-1-7-17(15)19(24)21-9-11-22-10-3-4-14(12-22)13-23/h1-2,5-8,14,23H,3-4,9-13H2,(H,21,24)/t14-/m1/s1. The van der Waals surface area contributed by atoms with Gasteiger partial charge in [0, 0.05) is 42.2 Å². The third kappa shape index (κ3) is 3.89. The maximum atomic E-state index is 12.5. The lowest BCUT2D eigenvalue weighted by Gasteiger charge is -2.31. The summed E-state index contributed by atoms with van der Waals surface area (Å²) in [6.45, 7) is 3.62. The van der Waals surface area contributed by atoms with Crippen molar-refractivity contribution >= 4 is 28.3 Å². The molecule has 4 nitrogen and oxygen atoms in total. The number of rotatable bonds is 5. The zero-order valence-corrected chi connectivity index (χ0v) is 14.4. The Morgan fingerprint density at radius 3 is 2.88 bits per heavy atom. The molecule has 0 radical (unpaired) electrons. The van der Waals surface area contributed by atoms with Crippen LogP contribution in [0.4, 0.5) is 0 Å². The zero-order chi connectivity index (χ0) is 16.9. The van der Waals surface area contributed by atoms with Gasteiger partial charge in [0.05, 0.1) is 0 Å². The van der Waals surface area contributed by atoms with Crippen molar-refractivity contribution in [2.45, 2.75) is 12.8 Å². The molecule has 0 saturated carbocycles. The first-order chi connectivity index (χ1) is 11.7. The minimum atomic E-state index is -0.0708. The Labute approximate surface area is 147 Å². The fourth-order valence-corrected chi connectivity index (χ4v) is 3.63. The summed E-state index contributed by atoms with van der Waals surface area (Å²) < 4.78 is 0. The van der Waals surface area contributed by atoms with Gasteiger partial charge in [0.25, 0.3) is 5.91 Å². The first kappa shape index (κ1) is 17.2. The molecule has 1 aliphatic heterocycles. The van der Waals surface area contributed by atoms with Crippen LogP contribution in [0.15, 0.2) is 36.4 Å². The molecule has 3 rings (SSSR count). The van der Waals surface area contributed by atoms with E-state index in [2.05, 4.69) is 10.2 Å². The number of nitrogens with zero attached hydrogens (tertiary/aromatic N) is 1. The molecule has 0 aromatic heterocycles. The van der Waals surface area contributed by atoms with Crippen molar-refractivity contribution < 1.29 is 9.90 Å². The van der Waals surface area contributed by atoms with Gasteiger partial charge in [-0.05, 0) is 42.8 Å². The highest BCUT2D eigenvalue weighted by Crippen LogP contribution is 2.25. The molecule has 24 heavy (non-hydrogen) atoms. The van der Waals surface area contributed by atoms with Crippen molar-refractivity contribution in [3.8, 4) is 0 Å². The number of halogens is 1. The maximum Gasteiger partial charge on any atom is 0.251 e. The number of carbonyl (C=O) groups is 1. The van der Waals surface area contributed by atoms with E-state index in [1.807, 2.05) is 36.4 Å². The molecule has 2 aromatic rings. The van der Waals surface area contributed by atoms with E-state index >= 15 is 0 Å². The largest absolute Gasteiger partial charge is 0.396 e. The van der Waals surface area contributed by atoms with Crippen LogP contribution in [0, 0.1) is 5.92 Å². The molecule has 1 aliphatic rings. The average molecular weight is 347 g/mol. The van der Waals surface area contributed by atoms with Crippen LogP contribution in [0.1, 0.15) is 23.2 Å². The summed E-state index contributed by atoms with van der Waals surface area (Å²) in [5.74, 6) is 0.299. The Balaban J connectivity index is 1.61. The highest BCUT2D eigenvalue weighted by molar-refractivity contribution is 6.36. The topological polar surface area (TPSA) is 52.6 Å². The normalized spacial score (nSPS) is 18.7. The highest BCUT2D eigenvalue weighted by atomic mass is 35.5. The smallest absolute Gasteiger partial charge is 0.251 e. The van der Waals surface area contributed by atoms with Crippen molar-refractivity contribution in [3.63, 3.8) is 0 Å². The number of likely N-dealkylation sites (tertiary alicyclic amines) is 1. The average Bonchev–Trinajstić information content (AvgIpc) is 2.62. The number of piperidine rings is 1. The van der Waals surface area contributed by atoms with Crippen molar-refractivity contribution in [1.82, 2.24) is 10.2 Å². The molecule has 1 amide bonds. The molecule has 5 heteroatoms. The molecule has 1 saturated heterocycles. The second-order valence-corrected chi connectivity index (χ2v) is 6.80. The summed E-state index contributed by atoms with van der Waals surface area (Å²) >= 11 is 6.21. The molecule has 2 N–H and O–H groups in total. The predicted octanol–water partition coefficient (Wildman–Crippen LogP) is 2.93. The van der Waals surface area contributed by atoms with Gasteiger partial charge >= 0.3 is 0 Å². The maximum absolute atomic E-state index is 12.5. The van der Waals surface area contributed by atoms with Gasteiger partial charge in [-0.1, -0.05) is 35.9 Å². The molecule has 1 atom stereocenters. The van der Waals surface area contributed by atoms with Gasteiger partial charge in [-0.15, -0.1) is 0 Å². The van der Waals surface area contributed by atoms with Gasteiger partial charge in [0.15, 0.2) is 0 Å². The first-order valence-electron chi connectivity index (χ1n) is 8.47. The number of aliphatic hydroxyl groups is 1. The molecule has 0 aliphatic carbocycles. The molecular weight excluding hydrogens is 324 g/mol. The number of hydrogen-bond donors (Lipinski definition) is 2. The quantitative estimate of drug-likeness (QED) is 0.875. The van der Waals surface area contributed by atoms with Gasteiger partial charge in [0.1, 0.15) is 0 Å². The molecule has 0 unspecified atom stereocenters. The number of amides is 1. The Bertz CT molecular complexity index is 720. The minimum absolute atomic E-state index is 0.0708. The molecular formula is C19H23ClN2O2. The molecule has 2 aromatic carbocycles. The van der Waals surface area contributed by atoms with Crippen LogP contribution in [0.5, 0.6) is 0 Å². The Hall–Kier alpha value is -1.62. The van der Waals surface area contributed by atoms with E-state index in [1.54, 1.807) is 0 Å². The van der Waals surface area contributed by atoms with Gasteiger partial charge in [-0.2, -0.15) is 0 Å². The van der Waals surface area contributed by atoms with E-state index in [1.165, 1.54) is 0 Å². The Morgan fingerprint density at radius 2 is 2.04 bits per heavy atom. The number of hydrogen-bond acceptors (Lipinski definition) is 3. The second-order valence-electron chi connectivity index (χ2n) is 6.39. The van der Waals surface area contributed by atoms with E-state index in [4.69, 9.17) is 11.6 Å². The van der Waals surface area contributed by atoms with Gasteiger partial charge in [-0.25, -0.2) is 0 Å². The predicted molar refractivity (Wildman–Crippen MR) is 97.5 cm³/mol. The van der Waals surface area contributed by atoms with Crippen LogP contribution in [-0.2, 0) is 0 Å². The lowest BCUT2D eigenvalue weighted by atomic mass is 9.99. The third-order valence-electron chi connectivity index (χ3n) is 4.69. The second kappa shape index (κ2) is 7.97. The first-order valence-corrected chi connectivity index (χ1v) is 8.85. The number of carbonyl (C=O) groups excluding carboxylic acids is 1. The van der Waals surface area contributed by atoms with Crippen LogP contribution in [-0.4, -0.2) is 48.7 Å². The summed E-state index contributed by atoms with van der Waals surface area (Å²) in [6, 6.07) is 11.2. The van der Waals surface area contributed by atoms with Crippen molar-refractivity contribution in [2.75, 3.05) is 32.8 Å². The summed E-state index contributed by atoms with van der Waals surface area (Å²) in [5.41, 5.74) is 0.655. The third-order valence-corrected chi connectivity index (χ3v) is 5.02. The number of nitrogens with one attached hydrogen (secondary N) is 1. The van der Waals surface area contributed by atoms with E-state index in [9.17, 15) is 9.90 Å². The van der Waals surface area contributed by atoms with E-state index < -0.39 is 0 Å². The van der Waals surface area contributed by atoms with Gasteiger partial charge in [-0.3, -0.25) is 4.79 Å². The molecule has 0 spiro atoms. The van der Waals surface area contributed by atoms with Crippen LogP contribution in [0.25, 0.3) is 10.8 Å². The van der Waals surface area contributed by atoms with Crippen LogP contribution in [0.2, 0.25) is 5.02 Å². The Kier molecular flexibility index (Phi) is 5.72. The van der Waals surface area contributed by atoms with Crippen LogP contribution in [0.3, 0.4) is 0 Å². The van der Waals surface area contributed by atoms with E-state index in [-0.39, 0.29) is 12.5 Å². The molecule has 1 heterocycles. The highest BCUT2D eigenvalue weighted by Gasteiger charge is 2.19. The van der Waals surface area contributed by atoms with Crippen LogP contribution < -0.4 is 5.32 Å². The minimum Gasteiger partial charge on any atom is -0.396 e. The van der Waals surface area contributed by atoms with E-state index in [0.717, 1.165) is 43.2 Å². The fourth-order valence-electron chi connectivity index (χ4n) is 3.40. The fraction of sp³-hybridized carbons (Fsp3) is 0.421. The van der Waals surface area contributed by atoms with Crippen LogP contribution >= 0.6 is 11.6 Å². The zero-order valence-electron chi connectivity index (χ0n) is 13.7. The lowest BCUT2D eigenvalue weighted by molar-refractivity contribution is 0.0932. The number of aliphatic hydroxyl groups excluding tert-OH is 1. The number of fused-ring (bicyclic) bond motifs is 1. The lowest BCUT2D eigenvalue weighted by Crippen LogP contribution is -2.41. The molecule has 0 bridgehead atoms. The van der Waals surface area contributed by atoms with Gasteiger partial charge in [0.2, 0.25) is 0 Å². The number of benzene rings is 2. The molecule has 1 fully saturated rings. The Morgan fingerprint density at radius 1 is 1.25 bits per heavy atom. The van der Waals surface area contributed by atoms with E-state index in [0.29, 0.717) is 23.0 Å². The summed E-state index contributed by atoms with van der Waals surface area (Å²) in [4.78, 5) is 14.8. The van der Waals surface area contributed by atoms with Gasteiger partial charge < -0.3 is 15.3 Å². The summed E-state index contributed by atoms with van der Waals surface area (Å²) in [6.07, 6.45) is 2.21. The van der Waals surface area contributed by atoms with Crippen molar-refractivity contribution in [3.05, 3.63) is 47.0 Å². The molecule has 128 valence electrons. The summed E-state index contributed by atoms with van der Waals surface area (Å²) in [5, 5.41) is 14.7. The monoisotopic (exact) mass is 346 g/mol. The summed E-state index contributed by atoms with van der Waals surface area (Å²) in [7, 11) is 0. The SMILES string of the molecule is O=C(NCCN1CCC[C@@H](CO)C1)c1cccc2c(Cl)cccc12. The van der Waals surface area contributed by atoms with Crippen molar-refractivity contribution in [1.29, 1.82) is 0 Å².